The van der Waals surface area contributed by atoms with Gasteiger partial charge in [0.1, 0.15) is 5.82 Å². The summed E-state index contributed by atoms with van der Waals surface area (Å²) in [6.07, 6.45) is 0.111. The summed E-state index contributed by atoms with van der Waals surface area (Å²) in [5.41, 5.74) is 3.55. The summed E-state index contributed by atoms with van der Waals surface area (Å²) in [5, 5.41) is 14.8. The molecular formula is C22H24BrN5O2S. The molecule has 0 fully saturated rings. The molecule has 0 bridgehead atoms. The second kappa shape index (κ2) is 10.6. The summed E-state index contributed by atoms with van der Waals surface area (Å²) < 4.78 is 2.84. The van der Waals surface area contributed by atoms with Crippen molar-refractivity contribution in [3.8, 4) is 0 Å². The van der Waals surface area contributed by atoms with Crippen LogP contribution in [0.3, 0.4) is 0 Å². The Morgan fingerprint density at radius 1 is 1.03 bits per heavy atom. The molecule has 0 radical (unpaired) electrons. The van der Waals surface area contributed by atoms with Crippen molar-refractivity contribution >= 4 is 50.9 Å². The maximum Gasteiger partial charge on any atom is 0.234 e. The van der Waals surface area contributed by atoms with Crippen LogP contribution >= 0.6 is 27.7 Å². The molecule has 0 saturated heterocycles. The summed E-state index contributed by atoms with van der Waals surface area (Å²) in [4.78, 5) is 24.8. The molecule has 162 valence electrons. The number of rotatable bonds is 8. The molecule has 2 amide bonds. The van der Waals surface area contributed by atoms with E-state index >= 15 is 0 Å². The van der Waals surface area contributed by atoms with E-state index in [1.165, 1.54) is 11.8 Å². The number of para-hydroxylation sites is 1. The lowest BCUT2D eigenvalue weighted by Gasteiger charge is -2.12. The minimum Gasteiger partial charge on any atom is -0.326 e. The van der Waals surface area contributed by atoms with Gasteiger partial charge in [0.2, 0.25) is 11.8 Å². The average molecular weight is 502 g/mol. The minimum atomic E-state index is -0.163. The van der Waals surface area contributed by atoms with E-state index in [1.807, 2.05) is 67.8 Å². The Morgan fingerprint density at radius 3 is 2.35 bits per heavy atom. The molecule has 0 atom stereocenters. The standard InChI is InChI=1S/C22H24BrN5O2S/c1-4-28-18(12-19(29)24-17-8-6-5-7-9-17)26-27-22(28)31-13-20(30)25-21-14(2)10-16(23)11-15(21)3/h5-11H,4,12-13H2,1-3H3,(H,24,29)(H,25,30). The van der Waals surface area contributed by atoms with Crippen LogP contribution in [0.5, 0.6) is 0 Å². The lowest BCUT2D eigenvalue weighted by atomic mass is 10.1. The van der Waals surface area contributed by atoms with Crippen molar-refractivity contribution < 1.29 is 9.59 Å². The van der Waals surface area contributed by atoms with E-state index in [-0.39, 0.29) is 24.0 Å². The summed E-state index contributed by atoms with van der Waals surface area (Å²) >= 11 is 4.77. The number of aryl methyl sites for hydroxylation is 2. The molecule has 0 aliphatic rings. The van der Waals surface area contributed by atoms with Gasteiger partial charge < -0.3 is 15.2 Å². The SMILES string of the molecule is CCn1c(CC(=O)Nc2ccccc2)nnc1SCC(=O)Nc1c(C)cc(Br)cc1C. The van der Waals surface area contributed by atoms with Crippen LogP contribution in [0.2, 0.25) is 0 Å². The summed E-state index contributed by atoms with van der Waals surface area (Å²) in [6, 6.07) is 13.2. The Bertz CT molecular complexity index is 1060. The first-order chi connectivity index (χ1) is 14.9. The van der Waals surface area contributed by atoms with Crippen LogP contribution in [0.15, 0.2) is 52.1 Å². The predicted molar refractivity (Wildman–Crippen MR) is 127 cm³/mol. The molecule has 0 aliphatic carbocycles. The van der Waals surface area contributed by atoms with Gasteiger partial charge >= 0.3 is 0 Å². The van der Waals surface area contributed by atoms with Gasteiger partial charge in [-0.3, -0.25) is 9.59 Å². The van der Waals surface area contributed by atoms with Gasteiger partial charge in [0.15, 0.2) is 5.16 Å². The van der Waals surface area contributed by atoms with Crippen molar-refractivity contribution in [1.29, 1.82) is 0 Å². The van der Waals surface area contributed by atoms with E-state index in [0.29, 0.717) is 17.5 Å². The van der Waals surface area contributed by atoms with Crippen LogP contribution in [0.4, 0.5) is 11.4 Å². The fraction of sp³-hybridized carbons (Fsp3) is 0.273. The number of benzene rings is 2. The first kappa shape index (κ1) is 23.0. The number of thioether (sulfide) groups is 1. The number of hydrogen-bond donors (Lipinski definition) is 2. The Hall–Kier alpha value is -2.65. The highest BCUT2D eigenvalue weighted by Crippen LogP contribution is 2.26. The predicted octanol–water partition coefficient (Wildman–Crippen LogP) is 4.59. The molecule has 1 aromatic heterocycles. The number of nitrogens with one attached hydrogen (secondary N) is 2. The number of carbonyl (C=O) groups excluding carboxylic acids is 2. The maximum atomic E-state index is 12.5. The van der Waals surface area contributed by atoms with Gasteiger partial charge in [-0.15, -0.1) is 10.2 Å². The summed E-state index contributed by atoms with van der Waals surface area (Å²) in [6.45, 7) is 6.48. The number of amides is 2. The molecule has 2 aromatic carbocycles. The van der Waals surface area contributed by atoms with Gasteiger partial charge in [0.25, 0.3) is 0 Å². The number of aromatic nitrogens is 3. The number of halogens is 1. The fourth-order valence-corrected chi connectivity index (χ4v) is 4.67. The Kier molecular flexibility index (Phi) is 7.86. The largest absolute Gasteiger partial charge is 0.326 e. The van der Waals surface area contributed by atoms with Crippen molar-refractivity contribution in [2.24, 2.45) is 0 Å². The molecule has 0 aliphatic heterocycles. The lowest BCUT2D eigenvalue weighted by molar-refractivity contribution is -0.116. The van der Waals surface area contributed by atoms with E-state index in [4.69, 9.17) is 0 Å². The normalized spacial score (nSPS) is 10.7. The highest BCUT2D eigenvalue weighted by atomic mass is 79.9. The number of nitrogens with zero attached hydrogens (tertiary/aromatic N) is 3. The molecular weight excluding hydrogens is 478 g/mol. The van der Waals surface area contributed by atoms with Gasteiger partial charge in [-0.05, 0) is 56.2 Å². The molecule has 7 nitrogen and oxygen atoms in total. The third kappa shape index (κ3) is 6.18. The molecule has 3 aromatic rings. The quantitative estimate of drug-likeness (QED) is 0.440. The Balaban J connectivity index is 1.60. The average Bonchev–Trinajstić information content (AvgIpc) is 3.11. The lowest BCUT2D eigenvalue weighted by Crippen LogP contribution is -2.18. The number of carbonyl (C=O) groups is 2. The monoisotopic (exact) mass is 501 g/mol. The Labute approximate surface area is 194 Å². The molecule has 0 unspecified atom stereocenters. The van der Waals surface area contributed by atoms with Gasteiger partial charge in [0.05, 0.1) is 12.2 Å². The molecule has 1 heterocycles. The van der Waals surface area contributed by atoms with E-state index in [9.17, 15) is 9.59 Å². The zero-order valence-electron chi connectivity index (χ0n) is 17.6. The Morgan fingerprint density at radius 2 is 1.71 bits per heavy atom. The van der Waals surface area contributed by atoms with Crippen LogP contribution in [-0.4, -0.2) is 32.3 Å². The van der Waals surface area contributed by atoms with Crippen LogP contribution < -0.4 is 10.6 Å². The van der Waals surface area contributed by atoms with Gasteiger partial charge in [0, 0.05) is 22.4 Å². The van der Waals surface area contributed by atoms with E-state index in [0.717, 1.165) is 27.0 Å². The topological polar surface area (TPSA) is 88.9 Å². The van der Waals surface area contributed by atoms with Crippen LogP contribution in [0, 0.1) is 13.8 Å². The number of hydrogen-bond acceptors (Lipinski definition) is 5. The van der Waals surface area contributed by atoms with Crippen molar-refractivity contribution in [2.45, 2.75) is 38.9 Å². The highest BCUT2D eigenvalue weighted by molar-refractivity contribution is 9.10. The minimum absolute atomic E-state index is 0.111. The first-order valence-electron chi connectivity index (χ1n) is 9.83. The summed E-state index contributed by atoms with van der Waals surface area (Å²) in [5.74, 6) is 0.485. The molecule has 31 heavy (non-hydrogen) atoms. The van der Waals surface area contributed by atoms with Crippen LogP contribution in [-0.2, 0) is 22.6 Å². The third-order valence-electron chi connectivity index (χ3n) is 4.58. The van der Waals surface area contributed by atoms with E-state index in [1.54, 1.807) is 0 Å². The van der Waals surface area contributed by atoms with Gasteiger partial charge in [-0.25, -0.2) is 0 Å². The second-order valence-electron chi connectivity index (χ2n) is 6.99. The molecule has 2 N–H and O–H groups in total. The van der Waals surface area contributed by atoms with Crippen LogP contribution in [0.1, 0.15) is 23.9 Å². The second-order valence-corrected chi connectivity index (χ2v) is 8.84. The zero-order valence-corrected chi connectivity index (χ0v) is 20.0. The van der Waals surface area contributed by atoms with Gasteiger partial charge in [-0.1, -0.05) is 45.9 Å². The maximum absolute atomic E-state index is 12.5. The summed E-state index contributed by atoms with van der Waals surface area (Å²) in [7, 11) is 0. The molecule has 0 saturated carbocycles. The molecule has 3 rings (SSSR count). The molecule has 0 spiro atoms. The van der Waals surface area contributed by atoms with Crippen molar-refractivity contribution in [3.05, 3.63) is 63.9 Å². The highest BCUT2D eigenvalue weighted by Gasteiger charge is 2.17. The van der Waals surface area contributed by atoms with E-state index < -0.39 is 0 Å². The fourth-order valence-electron chi connectivity index (χ4n) is 3.16. The molecule has 9 heteroatoms. The number of anilines is 2. The zero-order chi connectivity index (χ0) is 22.4. The van der Waals surface area contributed by atoms with Gasteiger partial charge in [-0.2, -0.15) is 0 Å². The van der Waals surface area contributed by atoms with Crippen molar-refractivity contribution in [3.63, 3.8) is 0 Å². The smallest absolute Gasteiger partial charge is 0.234 e. The third-order valence-corrected chi connectivity index (χ3v) is 6.00. The first-order valence-corrected chi connectivity index (χ1v) is 11.6. The van der Waals surface area contributed by atoms with Crippen molar-refractivity contribution in [1.82, 2.24) is 14.8 Å². The van der Waals surface area contributed by atoms with Crippen LogP contribution in [0.25, 0.3) is 0 Å². The van der Waals surface area contributed by atoms with Crippen molar-refractivity contribution in [2.75, 3.05) is 16.4 Å². The van der Waals surface area contributed by atoms with E-state index in [2.05, 4.69) is 36.8 Å².